The van der Waals surface area contributed by atoms with Crippen molar-refractivity contribution in [2.24, 2.45) is 0 Å². The maximum absolute atomic E-state index is 10.3. The summed E-state index contributed by atoms with van der Waals surface area (Å²) >= 11 is 0. The molecule has 0 saturated heterocycles. The van der Waals surface area contributed by atoms with Crippen molar-refractivity contribution in [3.8, 4) is 11.5 Å². The van der Waals surface area contributed by atoms with Crippen LogP contribution < -0.4 is 0 Å². The molecule has 0 atom stereocenters. The van der Waals surface area contributed by atoms with Crippen LogP contribution in [-0.2, 0) is 17.6 Å². The van der Waals surface area contributed by atoms with E-state index in [1.54, 1.807) is 7.11 Å². The maximum Gasteiger partial charge on any atom is 0.127 e. The van der Waals surface area contributed by atoms with Gasteiger partial charge in [0.15, 0.2) is 0 Å². The zero-order valence-electron chi connectivity index (χ0n) is 10.1. The second-order valence-electron chi connectivity index (χ2n) is 4.46. The smallest absolute Gasteiger partial charge is 0.127 e. The van der Waals surface area contributed by atoms with Crippen LogP contribution in [0, 0.1) is 0 Å². The second-order valence-corrected chi connectivity index (χ2v) is 4.46. The molecule has 0 saturated carbocycles. The molecule has 0 aromatic heterocycles. The fourth-order valence-corrected chi connectivity index (χ4v) is 2.54. The minimum absolute atomic E-state index is 0.251. The molecule has 3 rings (SSSR count). The van der Waals surface area contributed by atoms with Crippen LogP contribution in [0.3, 0.4) is 0 Å². The summed E-state index contributed by atoms with van der Waals surface area (Å²) in [6, 6.07) is 7.34. The van der Waals surface area contributed by atoms with Crippen molar-refractivity contribution in [2.75, 3.05) is 7.11 Å². The van der Waals surface area contributed by atoms with Gasteiger partial charge in [0.05, 0.1) is 12.9 Å². The summed E-state index contributed by atoms with van der Waals surface area (Å²) < 4.78 is 5.22. The molecule has 0 bridgehead atoms. The number of hydrogen-bond acceptors (Lipinski definition) is 3. The van der Waals surface area contributed by atoms with Gasteiger partial charge in [-0.05, 0) is 12.5 Å². The van der Waals surface area contributed by atoms with Crippen molar-refractivity contribution >= 4 is 10.8 Å². The number of benzene rings is 2. The molecule has 0 unspecified atom stereocenters. The molecule has 92 valence electrons. The van der Waals surface area contributed by atoms with Crippen LogP contribution in [0.1, 0.15) is 11.1 Å². The van der Waals surface area contributed by atoms with Gasteiger partial charge in [-0.25, -0.2) is 0 Å². The van der Waals surface area contributed by atoms with E-state index < -0.39 is 0 Å². The van der Waals surface area contributed by atoms with E-state index in [1.165, 1.54) is 0 Å². The first kappa shape index (κ1) is 11.0. The third kappa shape index (κ3) is 1.44. The van der Waals surface area contributed by atoms with E-state index in [0.717, 1.165) is 16.9 Å². The van der Waals surface area contributed by atoms with E-state index in [4.69, 9.17) is 4.74 Å². The Morgan fingerprint density at radius 1 is 1.00 bits per heavy atom. The molecule has 0 spiro atoms. The second kappa shape index (κ2) is 3.95. The Bertz CT molecular complexity index is 656. The van der Waals surface area contributed by atoms with Gasteiger partial charge in [0, 0.05) is 28.3 Å². The Hall–Kier alpha value is -2.16. The lowest BCUT2D eigenvalue weighted by molar-refractivity contribution is 0.278. The predicted octanol–water partition coefficient (Wildman–Crippen LogP) is 2.88. The largest absolute Gasteiger partial charge is 0.507 e. The Morgan fingerprint density at radius 2 is 1.61 bits per heavy atom. The summed E-state index contributed by atoms with van der Waals surface area (Å²) in [5.74, 6) is 1.35. The van der Waals surface area contributed by atoms with Crippen LogP contribution in [0.25, 0.3) is 10.8 Å². The van der Waals surface area contributed by atoms with Gasteiger partial charge in [-0.15, -0.1) is 0 Å². The molecule has 1 aliphatic rings. The number of fused-ring (bicyclic) bond motifs is 2. The number of aromatic hydroxyl groups is 2. The molecular weight excluding hydrogens is 228 g/mol. The van der Waals surface area contributed by atoms with Crippen LogP contribution in [0.4, 0.5) is 0 Å². The van der Waals surface area contributed by atoms with Gasteiger partial charge in [-0.2, -0.15) is 0 Å². The molecule has 0 aliphatic heterocycles. The van der Waals surface area contributed by atoms with Crippen LogP contribution in [0.5, 0.6) is 11.5 Å². The highest BCUT2D eigenvalue weighted by atomic mass is 16.5. The van der Waals surface area contributed by atoms with E-state index in [9.17, 15) is 10.2 Å². The number of allylic oxidation sites excluding steroid dienone is 2. The highest BCUT2D eigenvalue weighted by Crippen LogP contribution is 2.42. The first-order chi connectivity index (χ1) is 8.72. The highest BCUT2D eigenvalue weighted by Gasteiger charge is 2.22. The van der Waals surface area contributed by atoms with Crippen molar-refractivity contribution in [3.63, 3.8) is 0 Å². The normalized spacial score (nSPS) is 14.2. The number of ether oxygens (including phenoxy) is 1. The third-order valence-electron chi connectivity index (χ3n) is 3.52. The molecular formula is C15H14O3. The summed E-state index contributed by atoms with van der Waals surface area (Å²) in [6.45, 7) is 0. The average molecular weight is 242 g/mol. The molecule has 2 aromatic rings. The van der Waals surface area contributed by atoms with Gasteiger partial charge in [-0.1, -0.05) is 24.3 Å². The maximum atomic E-state index is 10.3. The van der Waals surface area contributed by atoms with Gasteiger partial charge >= 0.3 is 0 Å². The molecule has 18 heavy (non-hydrogen) atoms. The molecule has 3 heteroatoms. The zero-order valence-corrected chi connectivity index (χ0v) is 10.1. The van der Waals surface area contributed by atoms with Crippen molar-refractivity contribution in [1.29, 1.82) is 0 Å². The first-order valence-corrected chi connectivity index (χ1v) is 5.89. The Morgan fingerprint density at radius 3 is 2.22 bits per heavy atom. The van der Waals surface area contributed by atoms with E-state index in [-0.39, 0.29) is 11.5 Å². The third-order valence-corrected chi connectivity index (χ3v) is 3.52. The number of rotatable bonds is 1. The predicted molar refractivity (Wildman–Crippen MR) is 69.8 cm³/mol. The van der Waals surface area contributed by atoms with E-state index >= 15 is 0 Å². The molecule has 2 N–H and O–H groups in total. The van der Waals surface area contributed by atoms with Gasteiger partial charge in [-0.3, -0.25) is 0 Å². The average Bonchev–Trinajstić information content (AvgIpc) is 2.44. The van der Waals surface area contributed by atoms with Gasteiger partial charge in [0.25, 0.3) is 0 Å². The molecule has 2 aromatic carbocycles. The SMILES string of the molecule is COC1=CCc2c(c(O)c3ccccc3c2O)C1. The lowest BCUT2D eigenvalue weighted by Gasteiger charge is -2.20. The van der Waals surface area contributed by atoms with E-state index in [0.29, 0.717) is 23.6 Å². The first-order valence-electron chi connectivity index (χ1n) is 5.89. The monoisotopic (exact) mass is 242 g/mol. The Kier molecular flexibility index (Phi) is 2.40. The fourth-order valence-electron chi connectivity index (χ4n) is 2.54. The van der Waals surface area contributed by atoms with Crippen molar-refractivity contribution in [3.05, 3.63) is 47.2 Å². The number of phenolic OH excluding ortho intramolecular Hbond substituents is 2. The molecule has 0 amide bonds. The molecule has 3 nitrogen and oxygen atoms in total. The Labute approximate surface area is 105 Å². The van der Waals surface area contributed by atoms with E-state index in [2.05, 4.69) is 0 Å². The Balaban J connectivity index is 2.31. The lowest BCUT2D eigenvalue weighted by Crippen LogP contribution is -2.05. The minimum atomic E-state index is 0.251. The summed E-state index contributed by atoms with van der Waals surface area (Å²) in [5.41, 5.74) is 1.57. The molecule has 1 aliphatic carbocycles. The van der Waals surface area contributed by atoms with Crippen LogP contribution in [0.15, 0.2) is 36.1 Å². The van der Waals surface area contributed by atoms with Gasteiger partial charge in [0.2, 0.25) is 0 Å². The summed E-state index contributed by atoms with van der Waals surface area (Å²) in [5, 5.41) is 22.0. The minimum Gasteiger partial charge on any atom is -0.507 e. The van der Waals surface area contributed by atoms with Gasteiger partial charge < -0.3 is 14.9 Å². The van der Waals surface area contributed by atoms with Crippen LogP contribution in [0.2, 0.25) is 0 Å². The van der Waals surface area contributed by atoms with Crippen LogP contribution in [-0.4, -0.2) is 17.3 Å². The number of methoxy groups -OCH3 is 1. The van der Waals surface area contributed by atoms with E-state index in [1.807, 2.05) is 30.3 Å². The zero-order chi connectivity index (χ0) is 12.7. The summed E-state index contributed by atoms with van der Waals surface area (Å²) in [4.78, 5) is 0. The number of phenols is 2. The number of hydrogen-bond donors (Lipinski definition) is 2. The topological polar surface area (TPSA) is 49.7 Å². The standard InChI is InChI=1S/C15H14O3/c1-18-9-6-7-12-13(8-9)15(17)11-5-3-2-4-10(11)14(12)16/h2-6,16-17H,7-8H2,1H3. The van der Waals surface area contributed by atoms with Crippen molar-refractivity contribution < 1.29 is 14.9 Å². The molecule has 0 fully saturated rings. The lowest BCUT2D eigenvalue weighted by atomic mass is 9.90. The van der Waals surface area contributed by atoms with Crippen LogP contribution >= 0.6 is 0 Å². The van der Waals surface area contributed by atoms with Crippen molar-refractivity contribution in [2.45, 2.75) is 12.8 Å². The summed E-state index contributed by atoms with van der Waals surface area (Å²) in [7, 11) is 1.62. The quantitative estimate of drug-likeness (QED) is 0.756. The van der Waals surface area contributed by atoms with Crippen molar-refractivity contribution in [1.82, 2.24) is 0 Å². The molecule has 0 radical (unpaired) electrons. The molecule has 0 heterocycles. The highest BCUT2D eigenvalue weighted by molar-refractivity contribution is 5.95. The van der Waals surface area contributed by atoms with Gasteiger partial charge in [0.1, 0.15) is 11.5 Å². The fraction of sp³-hybridized carbons (Fsp3) is 0.200. The summed E-state index contributed by atoms with van der Waals surface area (Å²) in [6.07, 6.45) is 3.05.